The largest absolute Gasteiger partial charge is 0.489 e. The van der Waals surface area contributed by atoms with E-state index in [1.165, 1.54) is 28.0 Å². The molecule has 0 aliphatic carbocycles. The Labute approximate surface area is 159 Å². The summed E-state index contributed by atoms with van der Waals surface area (Å²) in [4.78, 5) is 7.05. The maximum Gasteiger partial charge on any atom is 0.136 e. The van der Waals surface area contributed by atoms with Gasteiger partial charge in [0.05, 0.1) is 12.2 Å². The maximum absolute atomic E-state index is 5.92. The molecule has 2 aliphatic rings. The highest BCUT2D eigenvalue weighted by Gasteiger charge is 2.28. The normalized spacial score (nSPS) is 14.9. The second kappa shape index (κ2) is 6.76. The van der Waals surface area contributed by atoms with Crippen LogP contribution in [0, 0.1) is 0 Å². The molecule has 3 heteroatoms. The van der Waals surface area contributed by atoms with Crippen LogP contribution in [0.5, 0.6) is 5.75 Å². The monoisotopic (exact) mass is 352 g/mol. The van der Waals surface area contributed by atoms with Crippen LogP contribution in [0.4, 0.5) is 0 Å². The molecule has 3 nitrogen and oxygen atoms in total. The van der Waals surface area contributed by atoms with Crippen molar-refractivity contribution in [3.8, 4) is 5.75 Å². The van der Waals surface area contributed by atoms with E-state index in [2.05, 4.69) is 59.5 Å². The van der Waals surface area contributed by atoms with Gasteiger partial charge >= 0.3 is 0 Å². The molecule has 0 atom stereocenters. The molecular formula is C24H20N2O. The number of hydrogen-bond donors (Lipinski definition) is 0. The first-order valence-electron chi connectivity index (χ1n) is 9.29. The molecule has 0 amide bonds. The van der Waals surface area contributed by atoms with Crippen molar-refractivity contribution in [3.05, 3.63) is 101 Å². The number of amidine groups is 1. The van der Waals surface area contributed by atoms with Gasteiger partial charge in [-0.3, -0.25) is 4.99 Å². The molecule has 0 spiro atoms. The van der Waals surface area contributed by atoms with Gasteiger partial charge in [0.15, 0.2) is 0 Å². The molecule has 0 saturated carbocycles. The van der Waals surface area contributed by atoms with Crippen molar-refractivity contribution in [2.75, 3.05) is 13.1 Å². The van der Waals surface area contributed by atoms with Crippen LogP contribution < -0.4 is 4.74 Å². The number of ether oxygens (including phenoxy) is 1. The van der Waals surface area contributed by atoms with Gasteiger partial charge in [0, 0.05) is 12.1 Å². The fourth-order valence-corrected chi connectivity index (χ4v) is 3.67. The third kappa shape index (κ3) is 3.02. The van der Waals surface area contributed by atoms with Gasteiger partial charge in [-0.25, -0.2) is 0 Å². The van der Waals surface area contributed by atoms with Crippen molar-refractivity contribution < 1.29 is 4.74 Å². The second-order valence-electron chi connectivity index (χ2n) is 6.77. The van der Waals surface area contributed by atoms with Crippen molar-refractivity contribution in [1.82, 2.24) is 4.90 Å². The molecule has 0 N–H and O–H groups in total. The van der Waals surface area contributed by atoms with Crippen LogP contribution >= 0.6 is 0 Å². The molecule has 0 unspecified atom stereocenters. The van der Waals surface area contributed by atoms with Gasteiger partial charge in [-0.2, -0.15) is 0 Å². The Morgan fingerprint density at radius 2 is 1.63 bits per heavy atom. The summed E-state index contributed by atoms with van der Waals surface area (Å²) in [6.45, 7) is 2.36. The lowest BCUT2D eigenvalue weighted by atomic mass is 9.97. The fourth-order valence-electron chi connectivity index (χ4n) is 3.67. The highest BCUT2D eigenvalue weighted by molar-refractivity contribution is 6.12. The highest BCUT2D eigenvalue weighted by Crippen LogP contribution is 2.33. The zero-order chi connectivity index (χ0) is 18.1. The predicted molar refractivity (Wildman–Crippen MR) is 110 cm³/mol. The third-order valence-electron chi connectivity index (χ3n) is 5.02. The first kappa shape index (κ1) is 15.9. The van der Waals surface area contributed by atoms with E-state index in [9.17, 15) is 0 Å². The number of hydrogen-bond acceptors (Lipinski definition) is 3. The van der Waals surface area contributed by atoms with Crippen LogP contribution in [0.3, 0.4) is 0 Å². The van der Waals surface area contributed by atoms with Gasteiger partial charge < -0.3 is 9.64 Å². The standard InChI is InChI=1S/C24H20N2O/c1-2-6-18(7-3-1)17-27-21-12-10-19(11-13-21)23-16-20-8-4-5-9-22(20)24-25-14-15-26(23)24/h1-13,16H,14-15,17H2. The molecule has 2 aliphatic heterocycles. The lowest BCUT2D eigenvalue weighted by Crippen LogP contribution is -2.30. The van der Waals surface area contributed by atoms with E-state index in [1.807, 2.05) is 30.3 Å². The lowest BCUT2D eigenvalue weighted by Gasteiger charge is -2.29. The summed E-state index contributed by atoms with van der Waals surface area (Å²) in [5, 5.41) is 0. The van der Waals surface area contributed by atoms with Gasteiger partial charge in [-0.05, 0) is 47.0 Å². The Morgan fingerprint density at radius 3 is 2.48 bits per heavy atom. The van der Waals surface area contributed by atoms with Crippen molar-refractivity contribution >= 4 is 17.6 Å². The van der Waals surface area contributed by atoms with Gasteiger partial charge in [0.1, 0.15) is 18.2 Å². The summed E-state index contributed by atoms with van der Waals surface area (Å²) in [6, 6.07) is 27.1. The molecule has 27 heavy (non-hydrogen) atoms. The number of fused-ring (bicyclic) bond motifs is 3. The molecule has 0 aromatic heterocycles. The van der Waals surface area contributed by atoms with Gasteiger partial charge in [0.25, 0.3) is 0 Å². The van der Waals surface area contributed by atoms with E-state index in [1.54, 1.807) is 0 Å². The minimum absolute atomic E-state index is 0.583. The predicted octanol–water partition coefficient (Wildman–Crippen LogP) is 4.84. The average Bonchev–Trinajstić information content (AvgIpc) is 3.23. The molecular weight excluding hydrogens is 332 g/mol. The van der Waals surface area contributed by atoms with Crippen LogP contribution in [-0.4, -0.2) is 23.8 Å². The van der Waals surface area contributed by atoms with E-state index < -0.39 is 0 Å². The summed E-state index contributed by atoms with van der Waals surface area (Å²) in [6.07, 6.45) is 2.26. The van der Waals surface area contributed by atoms with Crippen molar-refractivity contribution in [1.29, 1.82) is 0 Å². The van der Waals surface area contributed by atoms with Gasteiger partial charge in [-0.15, -0.1) is 0 Å². The molecule has 0 radical (unpaired) electrons. The van der Waals surface area contributed by atoms with Crippen molar-refractivity contribution in [2.45, 2.75) is 6.61 Å². The smallest absolute Gasteiger partial charge is 0.136 e. The zero-order valence-electron chi connectivity index (χ0n) is 15.0. The van der Waals surface area contributed by atoms with Crippen molar-refractivity contribution in [3.63, 3.8) is 0 Å². The quantitative estimate of drug-likeness (QED) is 0.671. The van der Waals surface area contributed by atoms with Crippen LogP contribution in [-0.2, 0) is 6.61 Å². The van der Waals surface area contributed by atoms with Crippen LogP contribution in [0.25, 0.3) is 11.8 Å². The minimum atomic E-state index is 0.583. The molecule has 5 rings (SSSR count). The third-order valence-corrected chi connectivity index (χ3v) is 5.02. The number of nitrogens with zero attached hydrogens (tertiary/aromatic N) is 2. The molecule has 0 fully saturated rings. The second-order valence-corrected chi connectivity index (χ2v) is 6.77. The van der Waals surface area contributed by atoms with Gasteiger partial charge in [-0.1, -0.05) is 54.6 Å². The van der Waals surface area contributed by atoms with E-state index in [0.29, 0.717) is 6.61 Å². The summed E-state index contributed by atoms with van der Waals surface area (Å²) in [5.41, 5.74) is 6.02. The summed E-state index contributed by atoms with van der Waals surface area (Å²) < 4.78 is 5.92. The lowest BCUT2D eigenvalue weighted by molar-refractivity contribution is 0.306. The van der Waals surface area contributed by atoms with E-state index in [0.717, 1.165) is 24.7 Å². The van der Waals surface area contributed by atoms with Crippen molar-refractivity contribution in [2.24, 2.45) is 4.99 Å². The summed E-state index contributed by atoms with van der Waals surface area (Å²) in [7, 11) is 0. The number of benzene rings is 3. The molecule has 3 aromatic carbocycles. The van der Waals surface area contributed by atoms with Gasteiger partial charge in [0.2, 0.25) is 0 Å². The first-order valence-corrected chi connectivity index (χ1v) is 9.29. The van der Waals surface area contributed by atoms with E-state index in [4.69, 9.17) is 9.73 Å². The van der Waals surface area contributed by atoms with E-state index >= 15 is 0 Å². The fraction of sp³-hybridized carbons (Fsp3) is 0.125. The minimum Gasteiger partial charge on any atom is -0.489 e. The Morgan fingerprint density at radius 1 is 0.852 bits per heavy atom. The topological polar surface area (TPSA) is 24.8 Å². The SMILES string of the molecule is C1=C(c2ccc(OCc3ccccc3)cc2)N2CCN=C2c2ccccc21. The van der Waals surface area contributed by atoms with Crippen LogP contribution in [0.15, 0.2) is 83.9 Å². The Bertz CT molecular complexity index is 1020. The zero-order valence-corrected chi connectivity index (χ0v) is 15.0. The van der Waals surface area contributed by atoms with E-state index in [-0.39, 0.29) is 0 Å². The molecule has 3 aromatic rings. The average molecular weight is 352 g/mol. The summed E-state index contributed by atoms with van der Waals surface area (Å²) in [5.74, 6) is 1.97. The Hall–Kier alpha value is -3.33. The number of rotatable bonds is 4. The number of aliphatic imine (C=N–C) groups is 1. The first-order chi connectivity index (χ1) is 13.4. The molecule has 0 bridgehead atoms. The highest BCUT2D eigenvalue weighted by atomic mass is 16.5. The molecule has 2 heterocycles. The van der Waals surface area contributed by atoms with Crippen LogP contribution in [0.2, 0.25) is 0 Å². The molecule has 132 valence electrons. The Kier molecular flexibility index (Phi) is 3.98. The maximum atomic E-state index is 5.92. The van der Waals surface area contributed by atoms with Crippen LogP contribution in [0.1, 0.15) is 22.3 Å². The Balaban J connectivity index is 1.40. The molecule has 0 saturated heterocycles. The summed E-state index contributed by atoms with van der Waals surface area (Å²) >= 11 is 0.